The quantitative estimate of drug-likeness (QED) is 0.326. The SMILES string of the molecule is Cc1ccc(-c2cc(C(C)C)nc3c(-c4cnc5ccccc5c4)cccc23)cc1N. The summed E-state index contributed by atoms with van der Waals surface area (Å²) < 4.78 is 0. The van der Waals surface area contributed by atoms with Crippen molar-refractivity contribution in [1.29, 1.82) is 0 Å². The molecule has 2 N–H and O–H groups in total. The van der Waals surface area contributed by atoms with Crippen LogP contribution < -0.4 is 5.73 Å². The number of anilines is 1. The van der Waals surface area contributed by atoms with Gasteiger partial charge in [0.2, 0.25) is 0 Å². The number of hydrogen-bond acceptors (Lipinski definition) is 3. The second-order valence-corrected chi connectivity index (χ2v) is 8.44. The first kappa shape index (κ1) is 19.3. The van der Waals surface area contributed by atoms with E-state index in [0.717, 1.165) is 61.0 Å². The molecule has 0 atom stereocenters. The van der Waals surface area contributed by atoms with Crippen LogP contribution in [0.15, 0.2) is 79.0 Å². The molecule has 3 nitrogen and oxygen atoms in total. The van der Waals surface area contributed by atoms with Crippen molar-refractivity contribution in [3.05, 3.63) is 90.3 Å². The van der Waals surface area contributed by atoms with E-state index < -0.39 is 0 Å². The number of nitrogens with zero attached hydrogens (tertiary/aromatic N) is 2. The first-order valence-electron chi connectivity index (χ1n) is 10.7. The fraction of sp³-hybridized carbons (Fsp3) is 0.143. The van der Waals surface area contributed by atoms with Crippen LogP contribution in [0.2, 0.25) is 0 Å². The molecule has 3 heteroatoms. The van der Waals surface area contributed by atoms with E-state index in [1.165, 1.54) is 0 Å². The molecule has 2 aromatic heterocycles. The maximum atomic E-state index is 6.25. The summed E-state index contributed by atoms with van der Waals surface area (Å²) in [6, 6.07) is 25.3. The highest BCUT2D eigenvalue weighted by atomic mass is 14.7. The van der Waals surface area contributed by atoms with E-state index in [4.69, 9.17) is 10.7 Å². The Morgan fingerprint density at radius 1 is 0.806 bits per heavy atom. The van der Waals surface area contributed by atoms with Crippen molar-refractivity contribution in [2.45, 2.75) is 26.7 Å². The Bertz CT molecular complexity index is 1430. The Labute approximate surface area is 182 Å². The van der Waals surface area contributed by atoms with Crippen LogP contribution in [0.1, 0.15) is 31.0 Å². The average molecular weight is 404 g/mol. The molecule has 0 saturated heterocycles. The second-order valence-electron chi connectivity index (χ2n) is 8.44. The fourth-order valence-electron chi connectivity index (χ4n) is 4.06. The van der Waals surface area contributed by atoms with Gasteiger partial charge in [0.1, 0.15) is 0 Å². The first-order chi connectivity index (χ1) is 15.0. The molecule has 5 rings (SSSR count). The Morgan fingerprint density at radius 2 is 1.65 bits per heavy atom. The number of hydrogen-bond donors (Lipinski definition) is 1. The summed E-state index contributed by atoms with van der Waals surface area (Å²) in [6.45, 7) is 6.40. The van der Waals surface area contributed by atoms with E-state index in [-0.39, 0.29) is 0 Å². The highest BCUT2D eigenvalue weighted by molar-refractivity contribution is 6.03. The summed E-state index contributed by atoms with van der Waals surface area (Å²) in [7, 11) is 0. The average Bonchev–Trinajstić information content (AvgIpc) is 2.79. The van der Waals surface area contributed by atoms with Crippen molar-refractivity contribution in [2.24, 2.45) is 0 Å². The lowest BCUT2D eigenvalue weighted by Crippen LogP contribution is -1.98. The smallest absolute Gasteiger partial charge is 0.0790 e. The van der Waals surface area contributed by atoms with Crippen LogP contribution >= 0.6 is 0 Å². The van der Waals surface area contributed by atoms with Crippen LogP contribution in [-0.2, 0) is 0 Å². The lowest BCUT2D eigenvalue weighted by Gasteiger charge is -2.15. The third-order valence-electron chi connectivity index (χ3n) is 5.94. The second kappa shape index (κ2) is 7.51. The first-order valence-corrected chi connectivity index (χ1v) is 10.7. The summed E-state index contributed by atoms with van der Waals surface area (Å²) in [4.78, 5) is 9.78. The molecular weight excluding hydrogens is 378 g/mol. The van der Waals surface area contributed by atoms with Gasteiger partial charge >= 0.3 is 0 Å². The number of aromatic nitrogens is 2. The molecule has 0 saturated carbocycles. The van der Waals surface area contributed by atoms with E-state index in [0.29, 0.717) is 5.92 Å². The highest BCUT2D eigenvalue weighted by Crippen LogP contribution is 2.37. The Morgan fingerprint density at radius 3 is 2.45 bits per heavy atom. The zero-order valence-electron chi connectivity index (χ0n) is 18.1. The van der Waals surface area contributed by atoms with E-state index in [1.807, 2.05) is 31.3 Å². The van der Waals surface area contributed by atoms with E-state index in [1.54, 1.807) is 0 Å². The van der Waals surface area contributed by atoms with Crippen molar-refractivity contribution in [2.75, 3.05) is 5.73 Å². The van der Waals surface area contributed by atoms with Gasteiger partial charge in [0.25, 0.3) is 0 Å². The van der Waals surface area contributed by atoms with Crippen LogP contribution in [0.3, 0.4) is 0 Å². The van der Waals surface area contributed by atoms with Crippen molar-refractivity contribution in [1.82, 2.24) is 9.97 Å². The van der Waals surface area contributed by atoms with Gasteiger partial charge in [-0.15, -0.1) is 0 Å². The van der Waals surface area contributed by atoms with Gasteiger partial charge < -0.3 is 5.73 Å². The molecule has 0 radical (unpaired) electrons. The normalized spacial score (nSPS) is 11.5. The minimum absolute atomic E-state index is 0.314. The third-order valence-corrected chi connectivity index (χ3v) is 5.94. The van der Waals surface area contributed by atoms with E-state index >= 15 is 0 Å². The minimum atomic E-state index is 0.314. The number of aryl methyl sites for hydroxylation is 1. The monoisotopic (exact) mass is 403 g/mol. The summed E-state index contributed by atoms with van der Waals surface area (Å²) >= 11 is 0. The van der Waals surface area contributed by atoms with Gasteiger partial charge in [-0.05, 0) is 53.8 Å². The number of para-hydroxylation sites is 2. The van der Waals surface area contributed by atoms with Gasteiger partial charge in [0.05, 0.1) is 11.0 Å². The molecule has 2 heterocycles. The molecule has 0 aliphatic heterocycles. The van der Waals surface area contributed by atoms with Gasteiger partial charge in [-0.3, -0.25) is 9.97 Å². The zero-order valence-corrected chi connectivity index (χ0v) is 18.1. The lowest BCUT2D eigenvalue weighted by atomic mass is 9.93. The van der Waals surface area contributed by atoms with Crippen molar-refractivity contribution < 1.29 is 0 Å². The zero-order chi connectivity index (χ0) is 21.5. The van der Waals surface area contributed by atoms with Gasteiger partial charge in [-0.1, -0.05) is 62.4 Å². The number of pyridine rings is 2. The van der Waals surface area contributed by atoms with Crippen molar-refractivity contribution in [3.63, 3.8) is 0 Å². The number of benzene rings is 3. The molecule has 0 unspecified atom stereocenters. The summed E-state index contributed by atoms with van der Waals surface area (Å²) in [5.41, 5.74) is 15.7. The van der Waals surface area contributed by atoms with Gasteiger partial charge in [0.15, 0.2) is 0 Å². The van der Waals surface area contributed by atoms with Crippen molar-refractivity contribution >= 4 is 27.5 Å². The maximum absolute atomic E-state index is 6.25. The third kappa shape index (κ3) is 3.42. The topological polar surface area (TPSA) is 51.8 Å². The molecule has 3 aromatic carbocycles. The molecule has 0 amide bonds. The predicted octanol–water partition coefficient (Wildman–Crippen LogP) is 7.13. The number of nitrogen functional groups attached to an aromatic ring is 1. The van der Waals surface area contributed by atoms with Crippen LogP contribution in [-0.4, -0.2) is 9.97 Å². The predicted molar refractivity (Wildman–Crippen MR) is 131 cm³/mol. The van der Waals surface area contributed by atoms with Gasteiger partial charge in [0, 0.05) is 39.5 Å². The standard InChI is InChI=1S/C28H25N3/c1-17(2)27-15-24(19-12-11-18(3)25(29)14-19)23-9-6-8-22(28(23)31-27)21-13-20-7-4-5-10-26(20)30-16-21/h4-17H,29H2,1-3H3. The summed E-state index contributed by atoms with van der Waals surface area (Å²) in [5, 5.41) is 2.25. The maximum Gasteiger partial charge on any atom is 0.0790 e. The Hall–Kier alpha value is -3.72. The summed E-state index contributed by atoms with van der Waals surface area (Å²) in [6.07, 6.45) is 1.95. The molecule has 152 valence electrons. The van der Waals surface area contributed by atoms with Gasteiger partial charge in [-0.2, -0.15) is 0 Å². The molecule has 0 aliphatic rings. The molecule has 0 fully saturated rings. The molecule has 0 spiro atoms. The molecule has 0 aliphatic carbocycles. The van der Waals surface area contributed by atoms with Crippen LogP contribution in [0.5, 0.6) is 0 Å². The summed E-state index contributed by atoms with van der Waals surface area (Å²) in [5.74, 6) is 0.314. The number of fused-ring (bicyclic) bond motifs is 2. The van der Waals surface area contributed by atoms with Crippen molar-refractivity contribution in [3.8, 4) is 22.3 Å². The molecule has 0 bridgehead atoms. The van der Waals surface area contributed by atoms with Gasteiger partial charge in [-0.25, -0.2) is 0 Å². The number of rotatable bonds is 3. The van der Waals surface area contributed by atoms with Crippen LogP contribution in [0, 0.1) is 6.92 Å². The molecule has 5 aromatic rings. The van der Waals surface area contributed by atoms with Crippen LogP contribution in [0.25, 0.3) is 44.1 Å². The fourth-order valence-corrected chi connectivity index (χ4v) is 4.06. The molecule has 31 heavy (non-hydrogen) atoms. The highest BCUT2D eigenvalue weighted by Gasteiger charge is 2.15. The molecular formula is C28H25N3. The minimum Gasteiger partial charge on any atom is -0.398 e. The Kier molecular flexibility index (Phi) is 4.67. The van der Waals surface area contributed by atoms with E-state index in [9.17, 15) is 0 Å². The number of nitrogens with two attached hydrogens (primary N) is 1. The van der Waals surface area contributed by atoms with E-state index in [2.05, 4.69) is 73.4 Å². The largest absolute Gasteiger partial charge is 0.398 e. The lowest BCUT2D eigenvalue weighted by molar-refractivity contribution is 0.830. The Balaban J connectivity index is 1.80. The van der Waals surface area contributed by atoms with Crippen LogP contribution in [0.4, 0.5) is 5.69 Å².